The highest BCUT2D eigenvalue weighted by Gasteiger charge is 2.00. The van der Waals surface area contributed by atoms with Crippen molar-refractivity contribution in [3.63, 3.8) is 0 Å². The quantitative estimate of drug-likeness (QED) is 0.585. The smallest absolute Gasteiger partial charge is 0.0651 e. The Balaban J connectivity index is 0.000000404. The maximum atomic E-state index is 4.08. The Bertz CT molecular complexity index is 516. The van der Waals surface area contributed by atoms with E-state index >= 15 is 0 Å². The van der Waals surface area contributed by atoms with Crippen molar-refractivity contribution in [3.8, 4) is 0 Å². The molecule has 0 saturated heterocycles. The van der Waals surface area contributed by atoms with E-state index in [1.807, 2.05) is 38.4 Å². The monoisotopic (exact) mass is 198 g/mol. The summed E-state index contributed by atoms with van der Waals surface area (Å²) in [6.45, 7) is 4.00. The number of nitrogens with one attached hydrogen (secondary N) is 1. The lowest BCUT2D eigenvalue weighted by Gasteiger charge is -1.87. The summed E-state index contributed by atoms with van der Waals surface area (Å²) in [5.74, 6) is 0. The number of pyridine rings is 1. The van der Waals surface area contributed by atoms with Gasteiger partial charge in [0.05, 0.1) is 11.7 Å². The fourth-order valence-corrected chi connectivity index (χ4v) is 1.70. The summed E-state index contributed by atoms with van der Waals surface area (Å²) in [5.41, 5.74) is 2.27. The Morgan fingerprint density at radius 1 is 0.933 bits per heavy atom. The molecule has 0 spiro atoms. The Morgan fingerprint density at radius 3 is 2.53 bits per heavy atom. The molecule has 0 aliphatic carbocycles. The SMILES string of the molecule is CC.c1ccc2c(c1)[nH]c1cnccc12. The first-order valence-corrected chi connectivity index (χ1v) is 5.25. The first-order valence-electron chi connectivity index (χ1n) is 5.25. The van der Waals surface area contributed by atoms with Gasteiger partial charge < -0.3 is 4.98 Å². The van der Waals surface area contributed by atoms with E-state index in [1.54, 1.807) is 0 Å². The molecule has 0 atom stereocenters. The molecular formula is C13H14N2. The summed E-state index contributed by atoms with van der Waals surface area (Å²) < 4.78 is 0. The van der Waals surface area contributed by atoms with Gasteiger partial charge in [0.2, 0.25) is 0 Å². The summed E-state index contributed by atoms with van der Waals surface area (Å²) in [6, 6.07) is 10.3. The number of benzene rings is 1. The minimum Gasteiger partial charge on any atom is -0.353 e. The molecule has 2 heteroatoms. The number of fused-ring (bicyclic) bond motifs is 3. The number of aromatic nitrogens is 2. The van der Waals surface area contributed by atoms with Crippen LogP contribution in [0.2, 0.25) is 0 Å². The maximum Gasteiger partial charge on any atom is 0.0651 e. The molecule has 2 heterocycles. The van der Waals surface area contributed by atoms with Gasteiger partial charge in [-0.1, -0.05) is 32.0 Å². The molecular weight excluding hydrogens is 184 g/mol. The van der Waals surface area contributed by atoms with Crippen LogP contribution in [0.4, 0.5) is 0 Å². The van der Waals surface area contributed by atoms with Crippen molar-refractivity contribution >= 4 is 21.8 Å². The second-order valence-electron chi connectivity index (χ2n) is 3.09. The van der Waals surface area contributed by atoms with Crippen LogP contribution in [0, 0.1) is 0 Å². The predicted molar refractivity (Wildman–Crippen MR) is 64.9 cm³/mol. The predicted octanol–water partition coefficient (Wildman–Crippen LogP) is 3.74. The highest BCUT2D eigenvalue weighted by molar-refractivity contribution is 6.06. The van der Waals surface area contributed by atoms with Crippen molar-refractivity contribution in [1.29, 1.82) is 0 Å². The Morgan fingerprint density at radius 2 is 1.67 bits per heavy atom. The number of nitrogens with zero attached hydrogens (tertiary/aromatic N) is 1. The first-order chi connectivity index (χ1) is 7.45. The van der Waals surface area contributed by atoms with Crippen molar-refractivity contribution in [1.82, 2.24) is 9.97 Å². The second-order valence-corrected chi connectivity index (χ2v) is 3.09. The van der Waals surface area contributed by atoms with Gasteiger partial charge in [-0.25, -0.2) is 0 Å². The van der Waals surface area contributed by atoms with Crippen molar-refractivity contribution in [2.75, 3.05) is 0 Å². The van der Waals surface area contributed by atoms with Crippen LogP contribution in [0.15, 0.2) is 42.7 Å². The van der Waals surface area contributed by atoms with Crippen molar-refractivity contribution in [3.05, 3.63) is 42.7 Å². The van der Waals surface area contributed by atoms with Crippen LogP contribution in [-0.4, -0.2) is 9.97 Å². The van der Waals surface area contributed by atoms with Gasteiger partial charge in [0.1, 0.15) is 0 Å². The van der Waals surface area contributed by atoms with Gasteiger partial charge in [0.15, 0.2) is 0 Å². The van der Waals surface area contributed by atoms with Gasteiger partial charge in [0.25, 0.3) is 0 Å². The Kier molecular flexibility index (Phi) is 2.68. The number of H-pyrrole nitrogens is 1. The van der Waals surface area contributed by atoms with Crippen molar-refractivity contribution in [2.45, 2.75) is 13.8 Å². The molecule has 0 bridgehead atoms. The van der Waals surface area contributed by atoms with Crippen molar-refractivity contribution in [2.24, 2.45) is 0 Å². The van der Waals surface area contributed by atoms with E-state index in [1.165, 1.54) is 16.3 Å². The van der Waals surface area contributed by atoms with E-state index in [9.17, 15) is 0 Å². The zero-order valence-corrected chi connectivity index (χ0v) is 8.99. The molecule has 0 radical (unpaired) electrons. The highest BCUT2D eigenvalue weighted by atomic mass is 14.7. The average molecular weight is 198 g/mol. The fraction of sp³-hybridized carbons (Fsp3) is 0.154. The van der Waals surface area contributed by atoms with Crippen LogP contribution >= 0.6 is 0 Å². The van der Waals surface area contributed by atoms with Gasteiger partial charge in [0, 0.05) is 22.5 Å². The molecule has 0 aliphatic heterocycles. The Labute approximate surface area is 89.0 Å². The molecule has 1 N–H and O–H groups in total. The van der Waals surface area contributed by atoms with Gasteiger partial charge >= 0.3 is 0 Å². The summed E-state index contributed by atoms with van der Waals surface area (Å²) >= 11 is 0. The van der Waals surface area contributed by atoms with Crippen LogP contribution in [0.5, 0.6) is 0 Å². The summed E-state index contributed by atoms with van der Waals surface area (Å²) in [4.78, 5) is 7.39. The lowest BCUT2D eigenvalue weighted by atomic mass is 10.2. The number of hydrogen-bond acceptors (Lipinski definition) is 1. The van der Waals surface area contributed by atoms with Gasteiger partial charge in [-0.3, -0.25) is 4.98 Å². The minimum absolute atomic E-state index is 1.10. The zero-order chi connectivity index (χ0) is 10.7. The largest absolute Gasteiger partial charge is 0.353 e. The van der Waals surface area contributed by atoms with E-state index in [4.69, 9.17) is 0 Å². The van der Waals surface area contributed by atoms with Crippen LogP contribution in [-0.2, 0) is 0 Å². The van der Waals surface area contributed by atoms with Crippen molar-refractivity contribution < 1.29 is 0 Å². The Hall–Kier alpha value is -1.83. The van der Waals surface area contributed by atoms with E-state index in [0.29, 0.717) is 0 Å². The molecule has 0 saturated carbocycles. The van der Waals surface area contributed by atoms with Crippen LogP contribution < -0.4 is 0 Å². The number of aromatic amines is 1. The molecule has 0 aliphatic rings. The molecule has 15 heavy (non-hydrogen) atoms. The van der Waals surface area contributed by atoms with E-state index < -0.39 is 0 Å². The van der Waals surface area contributed by atoms with Crippen LogP contribution in [0.3, 0.4) is 0 Å². The number of rotatable bonds is 0. The van der Waals surface area contributed by atoms with Crippen LogP contribution in [0.1, 0.15) is 13.8 Å². The molecule has 0 unspecified atom stereocenters. The number of hydrogen-bond donors (Lipinski definition) is 1. The molecule has 3 rings (SSSR count). The number of para-hydroxylation sites is 1. The third-order valence-corrected chi connectivity index (χ3v) is 2.31. The van der Waals surface area contributed by atoms with Gasteiger partial charge in [-0.2, -0.15) is 0 Å². The van der Waals surface area contributed by atoms with Crippen LogP contribution in [0.25, 0.3) is 21.8 Å². The second kappa shape index (κ2) is 4.13. The normalized spacial score (nSPS) is 10.0. The highest BCUT2D eigenvalue weighted by Crippen LogP contribution is 2.23. The lowest BCUT2D eigenvalue weighted by molar-refractivity contribution is 1.35. The topological polar surface area (TPSA) is 28.7 Å². The lowest BCUT2D eigenvalue weighted by Crippen LogP contribution is -1.68. The van der Waals surface area contributed by atoms with Gasteiger partial charge in [-0.15, -0.1) is 0 Å². The summed E-state index contributed by atoms with van der Waals surface area (Å²) in [6.07, 6.45) is 3.68. The molecule has 2 nitrogen and oxygen atoms in total. The van der Waals surface area contributed by atoms with E-state index in [-0.39, 0.29) is 0 Å². The molecule has 76 valence electrons. The third kappa shape index (κ3) is 1.59. The average Bonchev–Trinajstić information content (AvgIpc) is 2.70. The maximum absolute atomic E-state index is 4.08. The molecule has 1 aromatic carbocycles. The molecule has 3 aromatic rings. The van der Waals surface area contributed by atoms with E-state index in [2.05, 4.69) is 28.2 Å². The first kappa shape index (κ1) is 9.71. The summed E-state index contributed by atoms with van der Waals surface area (Å²) in [5, 5.41) is 2.51. The molecule has 0 fully saturated rings. The van der Waals surface area contributed by atoms with E-state index in [0.717, 1.165) is 5.52 Å². The zero-order valence-electron chi connectivity index (χ0n) is 8.99. The molecule has 2 aromatic heterocycles. The standard InChI is InChI=1S/C11H8N2.C2H6/c1-2-4-10-8(3-1)9-5-6-12-7-11(9)13-10;1-2/h1-7,13H;1-2H3. The molecule has 0 amide bonds. The third-order valence-electron chi connectivity index (χ3n) is 2.31. The summed E-state index contributed by atoms with van der Waals surface area (Å²) in [7, 11) is 0. The minimum atomic E-state index is 1.10. The fourth-order valence-electron chi connectivity index (χ4n) is 1.70. The van der Waals surface area contributed by atoms with Gasteiger partial charge in [-0.05, 0) is 12.1 Å².